The number of hydrogen-bond donors (Lipinski definition) is 1. The molecule has 1 N–H and O–H groups in total. The van der Waals surface area contributed by atoms with Crippen molar-refractivity contribution in [2.75, 3.05) is 5.32 Å². The lowest BCUT2D eigenvalue weighted by Crippen LogP contribution is -2.19. The number of anilines is 1. The minimum atomic E-state index is -0.539. The number of rotatable bonds is 5. The van der Waals surface area contributed by atoms with Gasteiger partial charge in [0, 0.05) is 10.6 Å². The summed E-state index contributed by atoms with van der Waals surface area (Å²) < 4.78 is 14.0. The van der Waals surface area contributed by atoms with Gasteiger partial charge in [0.25, 0.3) is 0 Å². The molecule has 0 saturated heterocycles. The summed E-state index contributed by atoms with van der Waals surface area (Å²) in [7, 11) is 0. The van der Waals surface area contributed by atoms with Crippen LogP contribution in [0.25, 0.3) is 0 Å². The number of benzene rings is 3. The first kappa shape index (κ1) is 16.3. The first-order valence-corrected chi connectivity index (χ1v) is 8.44. The Kier molecular flexibility index (Phi) is 5.29. The van der Waals surface area contributed by atoms with E-state index < -0.39 is 5.25 Å². The van der Waals surface area contributed by atoms with E-state index in [4.69, 9.17) is 0 Å². The molecule has 0 aromatic heterocycles. The number of carbonyl (C=O) groups is 1. The Morgan fingerprint density at radius 2 is 1.42 bits per heavy atom. The number of amides is 1. The van der Waals surface area contributed by atoms with E-state index in [1.807, 2.05) is 60.7 Å². The van der Waals surface area contributed by atoms with Gasteiger partial charge in [-0.1, -0.05) is 60.7 Å². The molecule has 2 nitrogen and oxygen atoms in total. The molecule has 24 heavy (non-hydrogen) atoms. The number of hydrogen-bond acceptors (Lipinski definition) is 2. The minimum Gasteiger partial charge on any atom is -0.325 e. The van der Waals surface area contributed by atoms with Crippen LogP contribution in [0, 0.1) is 5.82 Å². The van der Waals surface area contributed by atoms with Crippen LogP contribution in [0.15, 0.2) is 89.8 Å². The lowest BCUT2D eigenvalue weighted by Gasteiger charge is -2.17. The fourth-order valence-corrected chi connectivity index (χ4v) is 3.35. The number of thioether (sulfide) groups is 1. The standard InChI is InChI=1S/C20H16FNOS/c21-17-13-7-8-14-18(17)24-19(15-9-3-1-4-10-15)20(23)22-16-11-5-2-6-12-16/h1-14,19H,(H,22,23). The SMILES string of the molecule is O=C(Nc1ccccc1)C(Sc1ccccc1F)c1ccccc1. The van der Waals surface area contributed by atoms with Crippen LogP contribution in [0.4, 0.5) is 10.1 Å². The van der Waals surface area contributed by atoms with Crippen molar-refractivity contribution in [3.63, 3.8) is 0 Å². The highest BCUT2D eigenvalue weighted by molar-refractivity contribution is 8.00. The number of nitrogens with one attached hydrogen (secondary N) is 1. The van der Waals surface area contributed by atoms with Crippen molar-refractivity contribution in [3.05, 3.63) is 96.3 Å². The zero-order valence-electron chi connectivity index (χ0n) is 12.9. The Bertz CT molecular complexity index is 808. The van der Waals surface area contributed by atoms with Crippen LogP contribution in [0.2, 0.25) is 0 Å². The number of halogens is 1. The first-order chi connectivity index (χ1) is 11.7. The van der Waals surface area contributed by atoms with Gasteiger partial charge in [-0.15, -0.1) is 11.8 Å². The third-order valence-corrected chi connectivity index (χ3v) is 4.77. The van der Waals surface area contributed by atoms with Crippen molar-refractivity contribution in [2.24, 2.45) is 0 Å². The molecule has 0 aliphatic rings. The molecule has 120 valence electrons. The Morgan fingerprint density at radius 3 is 2.08 bits per heavy atom. The largest absolute Gasteiger partial charge is 0.325 e. The van der Waals surface area contributed by atoms with Crippen LogP contribution < -0.4 is 5.32 Å². The molecule has 0 fully saturated rings. The van der Waals surface area contributed by atoms with E-state index in [-0.39, 0.29) is 11.7 Å². The highest BCUT2D eigenvalue weighted by Crippen LogP contribution is 2.37. The lowest BCUT2D eigenvalue weighted by molar-refractivity contribution is -0.115. The molecule has 3 aromatic carbocycles. The van der Waals surface area contributed by atoms with Crippen molar-refractivity contribution < 1.29 is 9.18 Å². The average Bonchev–Trinajstić information content (AvgIpc) is 2.62. The summed E-state index contributed by atoms with van der Waals surface area (Å²) in [6, 6.07) is 25.2. The second-order valence-electron chi connectivity index (χ2n) is 5.19. The molecular formula is C20H16FNOS. The number of carbonyl (C=O) groups excluding carboxylic acids is 1. The van der Waals surface area contributed by atoms with Crippen molar-refractivity contribution in [1.82, 2.24) is 0 Å². The molecule has 0 saturated carbocycles. The van der Waals surface area contributed by atoms with Crippen LogP contribution in [-0.4, -0.2) is 5.91 Å². The fraction of sp³-hybridized carbons (Fsp3) is 0.0500. The van der Waals surface area contributed by atoms with Crippen molar-refractivity contribution in [1.29, 1.82) is 0 Å². The van der Waals surface area contributed by atoms with Gasteiger partial charge in [-0.2, -0.15) is 0 Å². The highest BCUT2D eigenvalue weighted by Gasteiger charge is 2.23. The number of para-hydroxylation sites is 1. The maximum absolute atomic E-state index is 14.0. The lowest BCUT2D eigenvalue weighted by atomic mass is 10.1. The fourth-order valence-electron chi connectivity index (χ4n) is 2.30. The monoisotopic (exact) mass is 337 g/mol. The average molecular weight is 337 g/mol. The van der Waals surface area contributed by atoms with Crippen molar-refractivity contribution in [3.8, 4) is 0 Å². The quantitative estimate of drug-likeness (QED) is 0.640. The first-order valence-electron chi connectivity index (χ1n) is 7.56. The molecule has 1 amide bonds. The van der Waals surface area contributed by atoms with Crippen molar-refractivity contribution in [2.45, 2.75) is 10.1 Å². The molecule has 0 radical (unpaired) electrons. The van der Waals surface area contributed by atoms with Gasteiger partial charge in [0.05, 0.1) is 0 Å². The van der Waals surface area contributed by atoms with E-state index in [9.17, 15) is 9.18 Å². The van der Waals surface area contributed by atoms with Gasteiger partial charge in [0.15, 0.2) is 0 Å². The predicted octanol–water partition coefficient (Wildman–Crippen LogP) is 5.30. The molecule has 0 aliphatic heterocycles. The van der Waals surface area contributed by atoms with Gasteiger partial charge in [-0.25, -0.2) is 4.39 Å². The molecule has 1 atom stereocenters. The van der Waals surface area contributed by atoms with E-state index in [2.05, 4.69) is 5.32 Å². The summed E-state index contributed by atoms with van der Waals surface area (Å²) >= 11 is 1.21. The maximum Gasteiger partial charge on any atom is 0.242 e. The summed E-state index contributed by atoms with van der Waals surface area (Å²) in [6.45, 7) is 0. The summed E-state index contributed by atoms with van der Waals surface area (Å²) in [5, 5.41) is 2.36. The third kappa shape index (κ3) is 4.03. The topological polar surface area (TPSA) is 29.1 Å². The van der Waals surface area contributed by atoms with E-state index in [1.54, 1.807) is 18.2 Å². The van der Waals surface area contributed by atoms with Crippen LogP contribution in [-0.2, 0) is 4.79 Å². The molecule has 1 unspecified atom stereocenters. The van der Waals surface area contributed by atoms with Gasteiger partial charge in [0.1, 0.15) is 11.1 Å². The van der Waals surface area contributed by atoms with Crippen LogP contribution in [0.5, 0.6) is 0 Å². The smallest absolute Gasteiger partial charge is 0.242 e. The summed E-state index contributed by atoms with van der Waals surface area (Å²) in [5.41, 5.74) is 1.55. The normalized spacial score (nSPS) is 11.7. The van der Waals surface area contributed by atoms with Gasteiger partial charge >= 0.3 is 0 Å². The molecule has 0 spiro atoms. The van der Waals surface area contributed by atoms with E-state index in [0.717, 1.165) is 11.3 Å². The summed E-state index contributed by atoms with van der Waals surface area (Å²) in [5.74, 6) is -0.503. The molecule has 0 bridgehead atoms. The van der Waals surface area contributed by atoms with Crippen molar-refractivity contribution >= 4 is 23.4 Å². The molecule has 4 heteroatoms. The second-order valence-corrected chi connectivity index (χ2v) is 6.34. The Balaban J connectivity index is 1.88. The van der Waals surface area contributed by atoms with E-state index in [1.165, 1.54) is 17.8 Å². The summed E-state index contributed by atoms with van der Waals surface area (Å²) in [6.07, 6.45) is 0. The van der Waals surface area contributed by atoms with Crippen LogP contribution >= 0.6 is 11.8 Å². The van der Waals surface area contributed by atoms with E-state index in [0.29, 0.717) is 4.90 Å². The molecule has 3 rings (SSSR count). The van der Waals surface area contributed by atoms with Crippen LogP contribution in [0.3, 0.4) is 0 Å². The zero-order valence-corrected chi connectivity index (χ0v) is 13.7. The van der Waals surface area contributed by atoms with E-state index >= 15 is 0 Å². The predicted molar refractivity (Wildman–Crippen MR) is 96.5 cm³/mol. The summed E-state index contributed by atoms with van der Waals surface area (Å²) in [4.78, 5) is 13.2. The molecular weight excluding hydrogens is 321 g/mol. The molecule has 0 heterocycles. The third-order valence-electron chi connectivity index (χ3n) is 3.46. The highest BCUT2D eigenvalue weighted by atomic mass is 32.2. The van der Waals surface area contributed by atoms with Gasteiger partial charge in [0.2, 0.25) is 5.91 Å². The maximum atomic E-state index is 14.0. The van der Waals surface area contributed by atoms with Gasteiger partial charge < -0.3 is 5.32 Å². The van der Waals surface area contributed by atoms with Crippen LogP contribution in [0.1, 0.15) is 10.8 Å². The Hall–Kier alpha value is -2.59. The Morgan fingerprint density at radius 1 is 0.833 bits per heavy atom. The molecule has 3 aromatic rings. The van der Waals surface area contributed by atoms with Gasteiger partial charge in [-0.3, -0.25) is 4.79 Å². The van der Waals surface area contributed by atoms with Gasteiger partial charge in [-0.05, 0) is 29.8 Å². The minimum absolute atomic E-state index is 0.180. The Labute approximate surface area is 144 Å². The second kappa shape index (κ2) is 7.79. The molecule has 0 aliphatic carbocycles. The zero-order chi connectivity index (χ0) is 16.8.